The molecule has 0 bridgehead atoms. The summed E-state index contributed by atoms with van der Waals surface area (Å²) in [6, 6.07) is 14.9. The molecule has 0 aliphatic carbocycles. The average molecular weight is 366 g/mol. The molecule has 3 aromatic rings. The van der Waals surface area contributed by atoms with Crippen molar-refractivity contribution in [1.82, 2.24) is 9.55 Å². The monoisotopic (exact) mass is 366 g/mol. The number of hydrogen-bond acceptors (Lipinski definition) is 6. The molecule has 0 amide bonds. The van der Waals surface area contributed by atoms with Gasteiger partial charge in [-0.1, -0.05) is 18.2 Å². The van der Waals surface area contributed by atoms with E-state index in [0.717, 1.165) is 5.69 Å². The maximum Gasteiger partial charge on any atom is 0.356 e. The fourth-order valence-electron chi connectivity index (χ4n) is 2.69. The standard InChI is InChI=1S/C20H18N2O5/c23-20(17-12-21-13-22(17)15-5-2-1-3-6-15)25-10-4-9-24-16-7-8-18-19(11-16)27-14-26-18/h1-3,5-8,11-13H,4,9-10,14H2. The van der Waals surface area contributed by atoms with Gasteiger partial charge in [0.15, 0.2) is 17.2 Å². The predicted molar refractivity (Wildman–Crippen MR) is 96.5 cm³/mol. The second kappa shape index (κ2) is 7.82. The Bertz CT molecular complexity index is 923. The third-order valence-corrected chi connectivity index (χ3v) is 4.02. The molecule has 0 atom stereocenters. The number of aromatic nitrogens is 2. The van der Waals surface area contributed by atoms with Crippen molar-refractivity contribution in [2.45, 2.75) is 6.42 Å². The van der Waals surface area contributed by atoms with Crippen molar-refractivity contribution in [1.29, 1.82) is 0 Å². The number of nitrogens with zero attached hydrogens (tertiary/aromatic N) is 2. The first kappa shape index (κ1) is 17.0. The smallest absolute Gasteiger partial charge is 0.356 e. The molecular formula is C20H18N2O5. The summed E-state index contributed by atoms with van der Waals surface area (Å²) in [5.74, 6) is 1.66. The Morgan fingerprint density at radius 2 is 1.93 bits per heavy atom. The second-order valence-corrected chi connectivity index (χ2v) is 5.84. The van der Waals surface area contributed by atoms with E-state index in [1.807, 2.05) is 42.5 Å². The van der Waals surface area contributed by atoms with E-state index in [0.29, 0.717) is 36.0 Å². The molecule has 27 heavy (non-hydrogen) atoms. The number of benzene rings is 2. The zero-order valence-corrected chi connectivity index (χ0v) is 14.5. The third-order valence-electron chi connectivity index (χ3n) is 4.02. The van der Waals surface area contributed by atoms with Crippen LogP contribution in [0.5, 0.6) is 17.2 Å². The highest BCUT2D eigenvalue weighted by atomic mass is 16.7. The largest absolute Gasteiger partial charge is 0.493 e. The fraction of sp³-hybridized carbons (Fsp3) is 0.200. The topological polar surface area (TPSA) is 71.8 Å². The lowest BCUT2D eigenvalue weighted by Gasteiger charge is -2.09. The van der Waals surface area contributed by atoms with Crippen LogP contribution in [-0.2, 0) is 4.74 Å². The van der Waals surface area contributed by atoms with Gasteiger partial charge in [-0.05, 0) is 24.3 Å². The number of carbonyl (C=O) groups excluding carboxylic acids is 1. The normalized spacial score (nSPS) is 12.0. The van der Waals surface area contributed by atoms with Gasteiger partial charge in [0, 0.05) is 18.2 Å². The van der Waals surface area contributed by atoms with Crippen molar-refractivity contribution in [2.75, 3.05) is 20.0 Å². The van der Waals surface area contributed by atoms with Gasteiger partial charge in [0.2, 0.25) is 6.79 Å². The maximum absolute atomic E-state index is 12.3. The van der Waals surface area contributed by atoms with Crippen LogP contribution in [0.25, 0.3) is 5.69 Å². The molecule has 2 aromatic carbocycles. The lowest BCUT2D eigenvalue weighted by atomic mass is 10.3. The van der Waals surface area contributed by atoms with Gasteiger partial charge >= 0.3 is 5.97 Å². The summed E-state index contributed by atoms with van der Waals surface area (Å²) >= 11 is 0. The lowest BCUT2D eigenvalue weighted by molar-refractivity contribution is 0.0476. The highest BCUT2D eigenvalue weighted by Crippen LogP contribution is 2.35. The summed E-state index contributed by atoms with van der Waals surface area (Å²) in [4.78, 5) is 16.4. The first-order valence-electron chi connectivity index (χ1n) is 8.58. The van der Waals surface area contributed by atoms with Crippen molar-refractivity contribution in [3.05, 3.63) is 66.7 Å². The molecule has 4 rings (SSSR count). The molecule has 0 saturated heterocycles. The Morgan fingerprint density at radius 1 is 1.07 bits per heavy atom. The minimum absolute atomic E-state index is 0.230. The molecule has 0 N–H and O–H groups in total. The first-order chi connectivity index (χ1) is 13.3. The number of para-hydroxylation sites is 1. The van der Waals surface area contributed by atoms with Crippen LogP contribution in [0.1, 0.15) is 16.9 Å². The highest BCUT2D eigenvalue weighted by Gasteiger charge is 2.15. The number of imidazole rings is 1. The van der Waals surface area contributed by atoms with E-state index in [2.05, 4.69) is 4.98 Å². The summed E-state index contributed by atoms with van der Waals surface area (Å²) < 4.78 is 23.3. The van der Waals surface area contributed by atoms with Gasteiger partial charge in [-0.3, -0.25) is 4.57 Å². The van der Waals surface area contributed by atoms with Crippen LogP contribution < -0.4 is 14.2 Å². The van der Waals surface area contributed by atoms with Crippen molar-refractivity contribution >= 4 is 5.97 Å². The predicted octanol–water partition coefficient (Wildman–Crippen LogP) is 3.23. The van der Waals surface area contributed by atoms with E-state index in [-0.39, 0.29) is 13.4 Å². The van der Waals surface area contributed by atoms with E-state index in [1.165, 1.54) is 6.20 Å². The molecule has 0 unspecified atom stereocenters. The summed E-state index contributed by atoms with van der Waals surface area (Å²) in [6.45, 7) is 0.905. The van der Waals surface area contributed by atoms with Gasteiger partial charge in [-0.2, -0.15) is 0 Å². The molecule has 7 nitrogen and oxygen atoms in total. The Balaban J connectivity index is 1.25. The number of carbonyl (C=O) groups is 1. The number of esters is 1. The maximum atomic E-state index is 12.3. The zero-order valence-electron chi connectivity index (χ0n) is 14.5. The molecule has 1 aromatic heterocycles. The van der Waals surface area contributed by atoms with Crippen LogP contribution in [0, 0.1) is 0 Å². The Hall–Kier alpha value is -3.48. The van der Waals surface area contributed by atoms with E-state index in [4.69, 9.17) is 18.9 Å². The van der Waals surface area contributed by atoms with Crippen molar-refractivity contribution in [3.63, 3.8) is 0 Å². The van der Waals surface area contributed by atoms with Crippen LogP contribution in [0.4, 0.5) is 0 Å². The minimum atomic E-state index is -0.417. The summed E-state index contributed by atoms with van der Waals surface area (Å²) in [6.07, 6.45) is 3.66. The molecule has 0 saturated carbocycles. The highest BCUT2D eigenvalue weighted by molar-refractivity contribution is 5.88. The molecular weight excluding hydrogens is 348 g/mol. The molecule has 7 heteroatoms. The van der Waals surface area contributed by atoms with Crippen molar-refractivity contribution in [2.24, 2.45) is 0 Å². The van der Waals surface area contributed by atoms with E-state index in [1.54, 1.807) is 17.0 Å². The number of rotatable bonds is 7. The molecule has 0 radical (unpaired) electrons. The van der Waals surface area contributed by atoms with E-state index >= 15 is 0 Å². The van der Waals surface area contributed by atoms with Crippen LogP contribution in [-0.4, -0.2) is 35.5 Å². The van der Waals surface area contributed by atoms with Gasteiger partial charge in [-0.15, -0.1) is 0 Å². The quantitative estimate of drug-likeness (QED) is 0.472. The van der Waals surface area contributed by atoms with Gasteiger partial charge in [0.25, 0.3) is 0 Å². The average Bonchev–Trinajstić information content (AvgIpc) is 3.37. The molecule has 1 aliphatic rings. The van der Waals surface area contributed by atoms with Crippen LogP contribution in [0.3, 0.4) is 0 Å². The summed E-state index contributed by atoms with van der Waals surface area (Å²) in [5, 5.41) is 0. The Kier molecular flexibility index (Phi) is 4.91. The van der Waals surface area contributed by atoms with Gasteiger partial charge in [-0.25, -0.2) is 9.78 Å². The third kappa shape index (κ3) is 3.87. The van der Waals surface area contributed by atoms with Crippen molar-refractivity contribution < 1.29 is 23.7 Å². The fourth-order valence-corrected chi connectivity index (χ4v) is 2.69. The minimum Gasteiger partial charge on any atom is -0.493 e. The van der Waals surface area contributed by atoms with Gasteiger partial charge in [0.1, 0.15) is 5.75 Å². The molecule has 0 spiro atoms. The number of ether oxygens (including phenoxy) is 4. The summed E-state index contributed by atoms with van der Waals surface area (Å²) in [7, 11) is 0. The zero-order chi connectivity index (χ0) is 18.5. The molecule has 1 aliphatic heterocycles. The number of fused-ring (bicyclic) bond motifs is 1. The molecule has 138 valence electrons. The number of hydrogen-bond donors (Lipinski definition) is 0. The SMILES string of the molecule is O=C(OCCCOc1ccc2c(c1)OCO2)c1cncn1-c1ccccc1. The van der Waals surface area contributed by atoms with Crippen LogP contribution in [0.2, 0.25) is 0 Å². The lowest BCUT2D eigenvalue weighted by Crippen LogP contribution is -2.13. The van der Waals surface area contributed by atoms with Gasteiger partial charge in [0.05, 0.1) is 25.7 Å². The van der Waals surface area contributed by atoms with Crippen LogP contribution in [0.15, 0.2) is 61.1 Å². The van der Waals surface area contributed by atoms with E-state index in [9.17, 15) is 4.79 Å². The summed E-state index contributed by atoms with van der Waals surface area (Å²) in [5.41, 5.74) is 1.24. The Labute approximate surface area is 156 Å². The molecule has 2 heterocycles. The van der Waals surface area contributed by atoms with E-state index < -0.39 is 5.97 Å². The Morgan fingerprint density at radius 3 is 2.81 bits per heavy atom. The second-order valence-electron chi connectivity index (χ2n) is 5.84. The molecule has 0 fully saturated rings. The van der Waals surface area contributed by atoms with Crippen molar-refractivity contribution in [3.8, 4) is 22.9 Å². The first-order valence-corrected chi connectivity index (χ1v) is 8.58. The van der Waals surface area contributed by atoms with Gasteiger partial charge < -0.3 is 18.9 Å². The van der Waals surface area contributed by atoms with Crippen LogP contribution >= 0.6 is 0 Å².